The molecular weight excluding hydrogens is 408 g/mol. The maximum absolute atomic E-state index is 13.3. The molecule has 1 N–H and O–H groups in total. The number of rotatable bonds is 11. The molecule has 0 heterocycles. The highest BCUT2D eigenvalue weighted by molar-refractivity contribution is 7.99. The van der Waals surface area contributed by atoms with E-state index in [2.05, 4.69) is 24.4 Å². The third-order valence-corrected chi connectivity index (χ3v) is 6.01. The fourth-order valence-corrected chi connectivity index (χ4v) is 4.36. The normalized spacial score (nSPS) is 11.8. The average molecular weight is 443 g/mol. The highest BCUT2D eigenvalue weighted by Crippen LogP contribution is 2.20. The molecule has 0 aliphatic carbocycles. The smallest absolute Gasteiger partial charge is 0.243 e. The molecule has 0 radical (unpaired) electrons. The summed E-state index contributed by atoms with van der Waals surface area (Å²) in [5.41, 5.74) is 3.38. The van der Waals surface area contributed by atoms with E-state index in [9.17, 15) is 9.59 Å². The van der Waals surface area contributed by atoms with Crippen LogP contribution in [0.1, 0.15) is 43.9 Å². The highest BCUT2D eigenvalue weighted by atomic mass is 32.2. The van der Waals surface area contributed by atoms with E-state index < -0.39 is 6.04 Å². The van der Waals surface area contributed by atoms with Crippen molar-refractivity contribution in [2.75, 3.05) is 12.9 Å². The summed E-state index contributed by atoms with van der Waals surface area (Å²) >= 11 is 1.58. The van der Waals surface area contributed by atoms with Gasteiger partial charge in [0.2, 0.25) is 11.8 Å². The van der Waals surface area contributed by atoms with Crippen molar-refractivity contribution in [1.82, 2.24) is 10.2 Å². The van der Waals surface area contributed by atoms with Crippen LogP contribution in [0, 0.1) is 6.92 Å². The largest absolute Gasteiger partial charge is 0.497 e. The van der Waals surface area contributed by atoms with E-state index in [-0.39, 0.29) is 17.9 Å². The van der Waals surface area contributed by atoms with Gasteiger partial charge in [-0.25, -0.2) is 0 Å². The van der Waals surface area contributed by atoms with Gasteiger partial charge in [-0.2, -0.15) is 0 Å². The van der Waals surface area contributed by atoms with Crippen molar-refractivity contribution in [2.24, 2.45) is 0 Å². The quantitative estimate of drug-likeness (QED) is 0.554. The minimum absolute atomic E-state index is 0.0192. The van der Waals surface area contributed by atoms with E-state index in [0.717, 1.165) is 17.1 Å². The van der Waals surface area contributed by atoms with E-state index in [0.29, 0.717) is 18.7 Å². The molecule has 0 aliphatic rings. The number of carbonyl (C=O) groups is 2. The second-order valence-electron chi connectivity index (χ2n) is 7.88. The summed E-state index contributed by atoms with van der Waals surface area (Å²) < 4.78 is 5.32. The van der Waals surface area contributed by atoms with Crippen LogP contribution in [0.5, 0.6) is 5.75 Å². The predicted molar refractivity (Wildman–Crippen MR) is 128 cm³/mol. The Labute approximate surface area is 190 Å². The van der Waals surface area contributed by atoms with Crippen molar-refractivity contribution in [1.29, 1.82) is 0 Å². The molecule has 6 heteroatoms. The molecule has 168 valence electrons. The number of nitrogens with one attached hydrogen (secondary N) is 1. The van der Waals surface area contributed by atoms with E-state index >= 15 is 0 Å². The van der Waals surface area contributed by atoms with Crippen LogP contribution in [0.25, 0.3) is 0 Å². The first kappa shape index (κ1) is 24.8. The van der Waals surface area contributed by atoms with Crippen LogP contribution < -0.4 is 10.1 Å². The number of methoxy groups -OCH3 is 1. The standard InChI is InChI=1S/C25H34N2O3S/c1-6-23(25(29)26-18(2)3)27(15-20-11-9-13-22(14-20)30-5)24(28)17-31-16-21-12-8-7-10-19(21)4/h7-14,18,23H,6,15-17H2,1-5H3,(H,26,29)/t23-/m0/s1. The van der Waals surface area contributed by atoms with Crippen LogP contribution in [0.15, 0.2) is 48.5 Å². The minimum Gasteiger partial charge on any atom is -0.497 e. The maximum atomic E-state index is 13.3. The second kappa shape index (κ2) is 12.4. The lowest BCUT2D eigenvalue weighted by atomic mass is 10.1. The number of aryl methyl sites for hydroxylation is 1. The number of amides is 2. The van der Waals surface area contributed by atoms with Crippen LogP contribution in [0.3, 0.4) is 0 Å². The minimum atomic E-state index is -0.514. The summed E-state index contributed by atoms with van der Waals surface area (Å²) in [4.78, 5) is 27.8. The van der Waals surface area contributed by atoms with Crippen molar-refractivity contribution in [3.63, 3.8) is 0 Å². The molecule has 0 bridgehead atoms. The molecule has 0 fully saturated rings. The van der Waals surface area contributed by atoms with Gasteiger partial charge in [0.25, 0.3) is 0 Å². The summed E-state index contributed by atoms with van der Waals surface area (Å²) in [5, 5.41) is 2.96. The zero-order valence-electron chi connectivity index (χ0n) is 19.2. The summed E-state index contributed by atoms with van der Waals surface area (Å²) in [5.74, 6) is 1.67. The van der Waals surface area contributed by atoms with Crippen LogP contribution in [-0.4, -0.2) is 41.7 Å². The number of hydrogen-bond donors (Lipinski definition) is 1. The lowest BCUT2D eigenvalue weighted by Gasteiger charge is -2.31. The lowest BCUT2D eigenvalue weighted by Crippen LogP contribution is -2.50. The number of carbonyl (C=O) groups excluding carboxylic acids is 2. The van der Waals surface area contributed by atoms with E-state index in [1.54, 1.807) is 23.8 Å². The Balaban J connectivity index is 2.17. The zero-order valence-corrected chi connectivity index (χ0v) is 20.0. The van der Waals surface area contributed by atoms with Crippen molar-refractivity contribution < 1.29 is 14.3 Å². The van der Waals surface area contributed by atoms with Gasteiger partial charge in [0, 0.05) is 18.3 Å². The summed E-state index contributed by atoms with van der Waals surface area (Å²) in [6, 6.07) is 15.3. The fraction of sp³-hybridized carbons (Fsp3) is 0.440. The van der Waals surface area contributed by atoms with Crippen molar-refractivity contribution in [3.05, 3.63) is 65.2 Å². The van der Waals surface area contributed by atoms with Gasteiger partial charge in [-0.15, -0.1) is 11.8 Å². The monoisotopic (exact) mass is 442 g/mol. The Kier molecular flexibility index (Phi) is 9.92. The predicted octanol–water partition coefficient (Wildman–Crippen LogP) is 4.57. The summed E-state index contributed by atoms with van der Waals surface area (Å²) in [7, 11) is 1.62. The fourth-order valence-electron chi connectivity index (χ4n) is 3.37. The first-order valence-electron chi connectivity index (χ1n) is 10.7. The zero-order chi connectivity index (χ0) is 22.8. The van der Waals surface area contributed by atoms with E-state index in [4.69, 9.17) is 4.74 Å². The third-order valence-electron chi connectivity index (χ3n) is 5.05. The third kappa shape index (κ3) is 7.62. The first-order valence-corrected chi connectivity index (χ1v) is 11.9. The molecule has 1 atom stereocenters. The molecule has 0 saturated heterocycles. The summed E-state index contributed by atoms with van der Waals surface area (Å²) in [6.07, 6.45) is 0.552. The van der Waals surface area contributed by atoms with Crippen molar-refractivity contribution in [3.8, 4) is 5.75 Å². The Morgan fingerprint density at radius 2 is 1.87 bits per heavy atom. The van der Waals surface area contributed by atoms with Crippen molar-refractivity contribution in [2.45, 2.75) is 58.5 Å². The molecule has 2 rings (SSSR count). The van der Waals surface area contributed by atoms with Gasteiger partial charge in [-0.1, -0.05) is 43.3 Å². The average Bonchev–Trinajstić information content (AvgIpc) is 2.74. The van der Waals surface area contributed by atoms with Gasteiger partial charge < -0.3 is 15.0 Å². The molecule has 0 aromatic heterocycles. The molecule has 2 aromatic carbocycles. The van der Waals surface area contributed by atoms with Gasteiger partial charge in [-0.3, -0.25) is 9.59 Å². The number of thioether (sulfide) groups is 1. The van der Waals surface area contributed by atoms with E-state index in [1.807, 2.05) is 57.2 Å². The molecule has 0 saturated carbocycles. The van der Waals surface area contributed by atoms with Crippen LogP contribution >= 0.6 is 11.8 Å². The Morgan fingerprint density at radius 1 is 1.13 bits per heavy atom. The molecule has 2 aromatic rings. The van der Waals surface area contributed by atoms with Gasteiger partial charge in [-0.05, 0) is 56.0 Å². The Bertz CT molecular complexity index is 869. The number of hydrogen-bond acceptors (Lipinski definition) is 4. The Hall–Kier alpha value is -2.47. The highest BCUT2D eigenvalue weighted by Gasteiger charge is 2.28. The molecule has 0 unspecified atom stereocenters. The molecule has 0 aliphatic heterocycles. The summed E-state index contributed by atoms with van der Waals surface area (Å²) in [6.45, 7) is 8.24. The SMILES string of the molecule is CC[C@@H](C(=O)NC(C)C)N(Cc1cccc(OC)c1)C(=O)CSCc1ccccc1C. The van der Waals surface area contributed by atoms with Crippen LogP contribution in [0.4, 0.5) is 0 Å². The lowest BCUT2D eigenvalue weighted by molar-refractivity contribution is -0.139. The van der Waals surface area contributed by atoms with Crippen LogP contribution in [0.2, 0.25) is 0 Å². The first-order chi connectivity index (χ1) is 14.8. The second-order valence-corrected chi connectivity index (χ2v) is 8.87. The molecule has 31 heavy (non-hydrogen) atoms. The van der Waals surface area contributed by atoms with E-state index in [1.165, 1.54) is 11.1 Å². The Morgan fingerprint density at radius 3 is 2.52 bits per heavy atom. The van der Waals surface area contributed by atoms with Gasteiger partial charge >= 0.3 is 0 Å². The topological polar surface area (TPSA) is 58.6 Å². The van der Waals surface area contributed by atoms with Crippen LogP contribution in [-0.2, 0) is 21.9 Å². The van der Waals surface area contributed by atoms with Crippen molar-refractivity contribution >= 4 is 23.6 Å². The molecular formula is C25H34N2O3S. The number of nitrogens with zero attached hydrogens (tertiary/aromatic N) is 1. The molecule has 0 spiro atoms. The number of ether oxygens (including phenoxy) is 1. The van der Waals surface area contributed by atoms with Gasteiger partial charge in [0.1, 0.15) is 11.8 Å². The number of benzene rings is 2. The molecule has 2 amide bonds. The maximum Gasteiger partial charge on any atom is 0.243 e. The molecule has 5 nitrogen and oxygen atoms in total. The van der Waals surface area contributed by atoms with Gasteiger partial charge in [0.15, 0.2) is 0 Å². The van der Waals surface area contributed by atoms with Gasteiger partial charge in [0.05, 0.1) is 12.9 Å².